The molecule has 2 unspecified atom stereocenters. The van der Waals surface area contributed by atoms with Gasteiger partial charge in [-0.05, 0) is 20.8 Å². The molecule has 0 spiro atoms. The maximum atomic E-state index is 12.1. The number of nitrogens with zero attached hydrogens (tertiary/aromatic N) is 4. The first-order valence-electron chi connectivity index (χ1n) is 6.02. The Balaban J connectivity index is 2.20. The second kappa shape index (κ2) is 4.75. The van der Waals surface area contributed by atoms with Crippen LogP contribution in [0.3, 0.4) is 0 Å². The first-order chi connectivity index (χ1) is 8.54. The number of hydrogen-bond donors (Lipinski definition) is 1. The highest BCUT2D eigenvalue weighted by Gasteiger charge is 2.36. The van der Waals surface area contributed by atoms with E-state index in [1.54, 1.807) is 23.4 Å². The molecule has 98 valence electrons. The van der Waals surface area contributed by atoms with Gasteiger partial charge in [-0.25, -0.2) is 9.67 Å². The van der Waals surface area contributed by atoms with Gasteiger partial charge in [0.2, 0.25) is 11.8 Å². The predicted octanol–water partition coefficient (Wildman–Crippen LogP) is -0.467. The molecule has 1 aliphatic rings. The summed E-state index contributed by atoms with van der Waals surface area (Å²) in [6.07, 6.45) is 1.46. The van der Waals surface area contributed by atoms with Crippen molar-refractivity contribution < 1.29 is 9.59 Å². The number of aryl methyl sites for hydroxylation is 1. The van der Waals surface area contributed by atoms with Gasteiger partial charge in [0, 0.05) is 6.54 Å². The van der Waals surface area contributed by atoms with E-state index in [-0.39, 0.29) is 11.8 Å². The maximum Gasteiger partial charge on any atom is 0.245 e. The van der Waals surface area contributed by atoms with Crippen LogP contribution in [-0.4, -0.2) is 43.6 Å². The van der Waals surface area contributed by atoms with E-state index in [2.05, 4.69) is 15.4 Å². The highest BCUT2D eigenvalue weighted by atomic mass is 16.2. The number of hydrogen-bond acceptors (Lipinski definition) is 4. The Hall–Kier alpha value is -1.92. The van der Waals surface area contributed by atoms with Crippen LogP contribution in [0.1, 0.15) is 26.6 Å². The zero-order valence-electron chi connectivity index (χ0n) is 10.8. The molecule has 0 aromatic carbocycles. The molecular weight excluding hydrogens is 234 g/mol. The standard InChI is InChI=1S/C11H17N5O2/c1-4-16-9(12-6-13-16)5-15-8(3)10(17)14-7(2)11(15)18/h6-8H,4-5H2,1-3H3,(H,14,17). The van der Waals surface area contributed by atoms with Crippen molar-refractivity contribution in [2.75, 3.05) is 0 Å². The quantitative estimate of drug-likeness (QED) is 0.788. The fraction of sp³-hybridized carbons (Fsp3) is 0.636. The van der Waals surface area contributed by atoms with Crippen molar-refractivity contribution in [3.63, 3.8) is 0 Å². The van der Waals surface area contributed by atoms with E-state index in [4.69, 9.17) is 0 Å². The number of amides is 2. The molecule has 1 aliphatic heterocycles. The van der Waals surface area contributed by atoms with Crippen LogP contribution in [0.25, 0.3) is 0 Å². The summed E-state index contributed by atoms with van der Waals surface area (Å²) in [6.45, 7) is 6.35. The SMILES string of the molecule is CCn1ncnc1CN1C(=O)C(C)NC(=O)C1C. The Labute approximate surface area is 105 Å². The molecule has 0 saturated carbocycles. The second-order valence-corrected chi connectivity index (χ2v) is 4.36. The number of aromatic nitrogens is 3. The minimum absolute atomic E-state index is 0.0900. The average molecular weight is 251 g/mol. The molecule has 0 radical (unpaired) electrons. The highest BCUT2D eigenvalue weighted by Crippen LogP contribution is 2.13. The zero-order chi connectivity index (χ0) is 13.3. The third kappa shape index (κ3) is 2.07. The van der Waals surface area contributed by atoms with Crippen LogP contribution in [-0.2, 0) is 22.7 Å². The van der Waals surface area contributed by atoms with Gasteiger partial charge >= 0.3 is 0 Å². The molecule has 1 saturated heterocycles. The van der Waals surface area contributed by atoms with Gasteiger partial charge in [-0.3, -0.25) is 9.59 Å². The summed E-state index contributed by atoms with van der Waals surface area (Å²) in [5.41, 5.74) is 0. The largest absolute Gasteiger partial charge is 0.343 e. The molecule has 7 nitrogen and oxygen atoms in total. The summed E-state index contributed by atoms with van der Waals surface area (Å²) >= 11 is 0. The van der Waals surface area contributed by atoms with Gasteiger partial charge in [-0.15, -0.1) is 0 Å². The molecular formula is C11H17N5O2. The van der Waals surface area contributed by atoms with Gasteiger partial charge in [-0.2, -0.15) is 5.10 Å². The van der Waals surface area contributed by atoms with Gasteiger partial charge in [0.05, 0.1) is 6.54 Å². The first kappa shape index (κ1) is 12.5. The van der Waals surface area contributed by atoms with Crippen molar-refractivity contribution in [2.24, 2.45) is 0 Å². The van der Waals surface area contributed by atoms with E-state index in [0.717, 1.165) is 0 Å². The fourth-order valence-electron chi connectivity index (χ4n) is 2.02. The lowest BCUT2D eigenvalue weighted by molar-refractivity contribution is -0.148. The fourth-order valence-corrected chi connectivity index (χ4v) is 2.02. The van der Waals surface area contributed by atoms with E-state index < -0.39 is 12.1 Å². The third-order valence-electron chi connectivity index (χ3n) is 3.17. The van der Waals surface area contributed by atoms with Crippen molar-refractivity contribution in [1.82, 2.24) is 25.0 Å². The van der Waals surface area contributed by atoms with E-state index >= 15 is 0 Å². The van der Waals surface area contributed by atoms with E-state index in [0.29, 0.717) is 18.9 Å². The maximum absolute atomic E-state index is 12.1. The van der Waals surface area contributed by atoms with Crippen LogP contribution >= 0.6 is 0 Å². The van der Waals surface area contributed by atoms with Crippen LogP contribution in [0.4, 0.5) is 0 Å². The smallest absolute Gasteiger partial charge is 0.245 e. The second-order valence-electron chi connectivity index (χ2n) is 4.36. The molecule has 2 amide bonds. The molecule has 1 aromatic heterocycles. The Kier molecular flexibility index (Phi) is 3.31. The van der Waals surface area contributed by atoms with E-state index in [9.17, 15) is 9.59 Å². The van der Waals surface area contributed by atoms with Gasteiger partial charge in [-0.1, -0.05) is 0 Å². The molecule has 1 fully saturated rings. The summed E-state index contributed by atoms with van der Waals surface area (Å²) in [6, 6.07) is -0.956. The van der Waals surface area contributed by atoms with Crippen LogP contribution in [0, 0.1) is 0 Å². The molecule has 1 aromatic rings. The lowest BCUT2D eigenvalue weighted by Gasteiger charge is -2.35. The topological polar surface area (TPSA) is 80.1 Å². The molecule has 2 rings (SSSR count). The van der Waals surface area contributed by atoms with Crippen molar-refractivity contribution in [2.45, 2.75) is 45.9 Å². The molecule has 18 heavy (non-hydrogen) atoms. The molecule has 2 heterocycles. The minimum atomic E-state index is -0.480. The first-order valence-corrected chi connectivity index (χ1v) is 6.02. The van der Waals surface area contributed by atoms with Crippen molar-refractivity contribution in [3.8, 4) is 0 Å². The minimum Gasteiger partial charge on any atom is -0.343 e. The number of piperazine rings is 1. The zero-order valence-corrected chi connectivity index (χ0v) is 10.8. The monoisotopic (exact) mass is 251 g/mol. The van der Waals surface area contributed by atoms with Crippen LogP contribution < -0.4 is 5.32 Å². The highest BCUT2D eigenvalue weighted by molar-refractivity contribution is 5.96. The number of nitrogens with one attached hydrogen (secondary N) is 1. The number of carbonyl (C=O) groups excluding carboxylic acids is 2. The van der Waals surface area contributed by atoms with Crippen LogP contribution in [0.5, 0.6) is 0 Å². The van der Waals surface area contributed by atoms with Crippen molar-refractivity contribution in [3.05, 3.63) is 12.2 Å². The molecule has 1 N–H and O–H groups in total. The third-order valence-corrected chi connectivity index (χ3v) is 3.17. The van der Waals surface area contributed by atoms with Crippen LogP contribution in [0.2, 0.25) is 0 Å². The molecule has 2 atom stereocenters. The Morgan fingerprint density at radius 2 is 2.11 bits per heavy atom. The van der Waals surface area contributed by atoms with Crippen LogP contribution in [0.15, 0.2) is 6.33 Å². The normalized spacial score (nSPS) is 24.3. The Morgan fingerprint density at radius 1 is 1.39 bits per heavy atom. The summed E-state index contributed by atoms with van der Waals surface area (Å²) in [4.78, 5) is 29.4. The molecule has 0 bridgehead atoms. The van der Waals surface area contributed by atoms with Gasteiger partial charge in [0.25, 0.3) is 0 Å². The summed E-state index contributed by atoms with van der Waals surface area (Å²) < 4.78 is 1.72. The van der Waals surface area contributed by atoms with E-state index in [1.807, 2.05) is 6.92 Å². The van der Waals surface area contributed by atoms with Gasteiger partial charge < -0.3 is 10.2 Å². The van der Waals surface area contributed by atoms with Crippen molar-refractivity contribution >= 4 is 11.8 Å². The van der Waals surface area contributed by atoms with Gasteiger partial charge in [0.15, 0.2) is 0 Å². The van der Waals surface area contributed by atoms with E-state index in [1.165, 1.54) is 6.33 Å². The number of carbonyl (C=O) groups is 2. The van der Waals surface area contributed by atoms with Crippen molar-refractivity contribution in [1.29, 1.82) is 0 Å². The summed E-state index contributed by atoms with van der Waals surface area (Å²) in [5.74, 6) is 0.469. The molecule has 7 heteroatoms. The predicted molar refractivity (Wildman–Crippen MR) is 63.3 cm³/mol. The molecule has 0 aliphatic carbocycles. The summed E-state index contributed by atoms with van der Waals surface area (Å²) in [5, 5.41) is 6.70. The Bertz CT molecular complexity index is 470. The average Bonchev–Trinajstić information content (AvgIpc) is 2.79. The van der Waals surface area contributed by atoms with Gasteiger partial charge in [0.1, 0.15) is 24.2 Å². The summed E-state index contributed by atoms with van der Waals surface area (Å²) in [7, 11) is 0. The Morgan fingerprint density at radius 3 is 2.78 bits per heavy atom. The lowest BCUT2D eigenvalue weighted by Crippen LogP contribution is -2.61. The number of rotatable bonds is 3. The lowest BCUT2D eigenvalue weighted by atomic mass is 10.1.